The molecule has 0 aliphatic carbocycles. The molecule has 2 heterocycles. The molecule has 1 saturated heterocycles. The minimum absolute atomic E-state index is 0.136. The average Bonchev–Trinajstić information content (AvgIpc) is 2.86. The Balaban J connectivity index is 2.00. The van der Waals surface area contributed by atoms with E-state index in [4.69, 9.17) is 0 Å². The number of pyridine rings is 1. The van der Waals surface area contributed by atoms with Crippen LogP contribution in [0.5, 0.6) is 0 Å². The fourth-order valence-electron chi connectivity index (χ4n) is 3.30. The molecule has 0 amide bonds. The van der Waals surface area contributed by atoms with Gasteiger partial charge in [-0.05, 0) is 49.2 Å². The van der Waals surface area contributed by atoms with Crippen LogP contribution in [0.3, 0.4) is 0 Å². The highest BCUT2D eigenvalue weighted by Gasteiger charge is 2.31. The molecule has 0 spiro atoms. The van der Waals surface area contributed by atoms with Crippen LogP contribution in [0.4, 0.5) is 13.2 Å². The zero-order valence-electron chi connectivity index (χ0n) is 14.2. The molecule has 3 nitrogen and oxygen atoms in total. The normalized spacial score (nSPS) is 17.9. The minimum atomic E-state index is -4.32. The summed E-state index contributed by atoms with van der Waals surface area (Å²) in [6.07, 6.45) is -1.57. The lowest BCUT2D eigenvalue weighted by Gasteiger charge is -2.31. The number of aromatic nitrogens is 1. The molecular weight excluding hydrogens is 327 g/mol. The molecule has 1 atom stereocenters. The third-order valence-corrected chi connectivity index (χ3v) is 4.60. The second-order valence-corrected chi connectivity index (χ2v) is 6.37. The van der Waals surface area contributed by atoms with Crippen LogP contribution >= 0.6 is 0 Å². The number of alkyl halides is 3. The van der Waals surface area contributed by atoms with Crippen molar-refractivity contribution < 1.29 is 13.2 Å². The highest BCUT2D eigenvalue weighted by atomic mass is 19.4. The van der Waals surface area contributed by atoms with E-state index < -0.39 is 11.7 Å². The van der Waals surface area contributed by atoms with Gasteiger partial charge in [-0.25, -0.2) is 0 Å². The van der Waals surface area contributed by atoms with Gasteiger partial charge in [-0.2, -0.15) is 13.2 Å². The number of nitrogens with zero attached hydrogens (tertiary/aromatic N) is 2. The Morgan fingerprint density at radius 2 is 1.84 bits per heavy atom. The van der Waals surface area contributed by atoms with Crippen molar-refractivity contribution in [2.24, 2.45) is 0 Å². The van der Waals surface area contributed by atoms with Crippen molar-refractivity contribution >= 4 is 0 Å². The lowest BCUT2D eigenvalue weighted by atomic mass is 9.97. The second-order valence-electron chi connectivity index (χ2n) is 6.37. The fraction of sp³-hybridized carbons (Fsp3) is 0.421. The summed E-state index contributed by atoms with van der Waals surface area (Å²) in [5.41, 5.74) is 2.18. The highest BCUT2D eigenvalue weighted by Crippen LogP contribution is 2.33. The standard InChI is InChI=1S/C19H22F3N3/c1-14-4-2-10-24-17(14)18(25-12-3-9-23-11-13-25)15-5-7-16(8-6-15)19(20,21)22/h2,4-8,10,18,23H,3,9,11-13H2,1H3. The zero-order chi connectivity index (χ0) is 17.9. The molecular formula is C19H22F3N3. The van der Waals surface area contributed by atoms with E-state index in [1.165, 1.54) is 0 Å². The molecule has 0 radical (unpaired) electrons. The quantitative estimate of drug-likeness (QED) is 0.914. The Hall–Kier alpha value is -1.92. The zero-order valence-corrected chi connectivity index (χ0v) is 14.2. The monoisotopic (exact) mass is 349 g/mol. The first-order valence-electron chi connectivity index (χ1n) is 8.50. The van der Waals surface area contributed by atoms with Gasteiger partial charge in [0.25, 0.3) is 0 Å². The van der Waals surface area contributed by atoms with Gasteiger partial charge in [0.15, 0.2) is 0 Å². The molecule has 25 heavy (non-hydrogen) atoms. The van der Waals surface area contributed by atoms with Gasteiger partial charge in [0.1, 0.15) is 0 Å². The van der Waals surface area contributed by atoms with E-state index in [0.29, 0.717) is 0 Å². The van der Waals surface area contributed by atoms with Gasteiger partial charge in [-0.1, -0.05) is 18.2 Å². The summed E-state index contributed by atoms with van der Waals surface area (Å²) in [4.78, 5) is 6.85. The molecule has 1 unspecified atom stereocenters. The average molecular weight is 349 g/mol. The molecule has 1 fully saturated rings. The van der Waals surface area contributed by atoms with Crippen molar-refractivity contribution in [3.8, 4) is 0 Å². The molecule has 1 aliphatic rings. The van der Waals surface area contributed by atoms with Crippen molar-refractivity contribution in [3.63, 3.8) is 0 Å². The summed E-state index contributed by atoms with van der Waals surface area (Å²) in [5, 5.41) is 3.37. The molecule has 2 aromatic rings. The predicted octanol–water partition coefficient (Wildman–Crippen LogP) is 3.79. The Kier molecular flexibility index (Phi) is 5.39. The van der Waals surface area contributed by atoms with E-state index in [9.17, 15) is 13.2 Å². The number of nitrogens with one attached hydrogen (secondary N) is 1. The lowest BCUT2D eigenvalue weighted by Crippen LogP contribution is -2.34. The van der Waals surface area contributed by atoms with Gasteiger partial charge < -0.3 is 5.32 Å². The number of rotatable bonds is 3. The maximum atomic E-state index is 12.9. The summed E-state index contributed by atoms with van der Waals surface area (Å²) in [6, 6.07) is 9.23. The molecule has 1 aromatic carbocycles. The van der Waals surface area contributed by atoms with E-state index in [1.807, 2.05) is 19.1 Å². The van der Waals surface area contributed by atoms with Crippen LogP contribution in [0.1, 0.15) is 34.8 Å². The second kappa shape index (κ2) is 7.54. The Bertz CT molecular complexity index is 690. The SMILES string of the molecule is Cc1cccnc1C(c1ccc(C(F)(F)F)cc1)N1CCCNCC1. The summed E-state index contributed by atoms with van der Waals surface area (Å²) in [7, 11) is 0. The number of aryl methyl sites for hydroxylation is 1. The number of hydrogen-bond acceptors (Lipinski definition) is 3. The molecule has 0 saturated carbocycles. The number of benzene rings is 1. The van der Waals surface area contributed by atoms with Crippen LogP contribution in [0, 0.1) is 6.92 Å². The number of hydrogen-bond donors (Lipinski definition) is 1. The molecule has 6 heteroatoms. The first-order chi connectivity index (χ1) is 12.0. The molecule has 0 bridgehead atoms. The van der Waals surface area contributed by atoms with Crippen LogP contribution in [-0.2, 0) is 6.18 Å². The lowest BCUT2D eigenvalue weighted by molar-refractivity contribution is -0.137. The van der Waals surface area contributed by atoms with Crippen molar-refractivity contribution in [3.05, 3.63) is 65.0 Å². The van der Waals surface area contributed by atoms with Crippen LogP contribution in [-0.4, -0.2) is 36.1 Å². The smallest absolute Gasteiger partial charge is 0.315 e. The summed E-state index contributed by atoms with van der Waals surface area (Å²) >= 11 is 0. The Labute approximate surface area is 145 Å². The van der Waals surface area contributed by atoms with Gasteiger partial charge in [0, 0.05) is 25.8 Å². The van der Waals surface area contributed by atoms with Crippen molar-refractivity contribution in [2.45, 2.75) is 25.6 Å². The van der Waals surface area contributed by atoms with Gasteiger partial charge in [-0.15, -0.1) is 0 Å². The Morgan fingerprint density at radius 1 is 1.08 bits per heavy atom. The third-order valence-electron chi connectivity index (χ3n) is 4.60. The minimum Gasteiger partial charge on any atom is -0.315 e. The summed E-state index contributed by atoms with van der Waals surface area (Å²) in [5.74, 6) is 0. The fourth-order valence-corrected chi connectivity index (χ4v) is 3.30. The molecule has 3 rings (SSSR count). The van der Waals surface area contributed by atoms with Crippen LogP contribution in [0.25, 0.3) is 0 Å². The maximum absolute atomic E-state index is 12.9. The molecule has 1 aliphatic heterocycles. The van der Waals surface area contributed by atoms with E-state index in [-0.39, 0.29) is 6.04 Å². The summed E-state index contributed by atoms with van der Waals surface area (Å²) in [6.45, 7) is 5.53. The van der Waals surface area contributed by atoms with Gasteiger partial charge >= 0.3 is 6.18 Å². The molecule has 1 aromatic heterocycles. The van der Waals surface area contributed by atoms with Gasteiger partial charge in [0.2, 0.25) is 0 Å². The topological polar surface area (TPSA) is 28.2 Å². The Morgan fingerprint density at radius 3 is 2.52 bits per heavy atom. The van der Waals surface area contributed by atoms with Crippen molar-refractivity contribution in [1.82, 2.24) is 15.2 Å². The molecule has 134 valence electrons. The van der Waals surface area contributed by atoms with Gasteiger partial charge in [0.05, 0.1) is 17.3 Å². The highest BCUT2D eigenvalue weighted by molar-refractivity contribution is 5.34. The van der Waals surface area contributed by atoms with E-state index in [0.717, 1.165) is 61.6 Å². The number of halogens is 3. The van der Waals surface area contributed by atoms with Crippen LogP contribution in [0.15, 0.2) is 42.6 Å². The van der Waals surface area contributed by atoms with Crippen LogP contribution < -0.4 is 5.32 Å². The van der Waals surface area contributed by atoms with E-state index >= 15 is 0 Å². The first kappa shape index (κ1) is 17.9. The van der Waals surface area contributed by atoms with Crippen molar-refractivity contribution in [1.29, 1.82) is 0 Å². The molecule has 1 N–H and O–H groups in total. The third kappa shape index (κ3) is 4.19. The largest absolute Gasteiger partial charge is 0.416 e. The summed E-state index contributed by atoms with van der Waals surface area (Å²) < 4.78 is 38.7. The first-order valence-corrected chi connectivity index (χ1v) is 8.50. The van der Waals surface area contributed by atoms with E-state index in [2.05, 4.69) is 15.2 Å². The van der Waals surface area contributed by atoms with Gasteiger partial charge in [-0.3, -0.25) is 9.88 Å². The predicted molar refractivity (Wildman–Crippen MR) is 91.3 cm³/mol. The van der Waals surface area contributed by atoms with Crippen LogP contribution in [0.2, 0.25) is 0 Å². The van der Waals surface area contributed by atoms with Crippen molar-refractivity contribution in [2.75, 3.05) is 26.2 Å². The van der Waals surface area contributed by atoms with E-state index in [1.54, 1.807) is 18.3 Å². The maximum Gasteiger partial charge on any atom is 0.416 e.